The Bertz CT molecular complexity index is 1070. The number of nitrogens with two attached hydrogens (primary N) is 1. The Morgan fingerprint density at radius 2 is 1.49 bits per heavy atom. The van der Waals surface area contributed by atoms with Crippen molar-refractivity contribution in [2.24, 2.45) is 11.7 Å². The highest BCUT2D eigenvalue weighted by Gasteiger charge is 2.33. The minimum atomic E-state index is -1.02. The topological polar surface area (TPSA) is 230 Å². The van der Waals surface area contributed by atoms with Crippen LogP contribution in [0, 0.1) is 5.92 Å². The predicted molar refractivity (Wildman–Crippen MR) is 154 cm³/mol. The molecule has 0 saturated heterocycles. The third kappa shape index (κ3) is 15.1. The quantitative estimate of drug-likeness (QED) is 0.0547. The number of hydrogen-bond donors (Lipinski definition) is 8. The molecule has 1 atom stereocenters. The van der Waals surface area contributed by atoms with Crippen molar-refractivity contribution in [1.82, 2.24) is 31.9 Å². The van der Waals surface area contributed by atoms with Crippen molar-refractivity contribution in [3.63, 3.8) is 0 Å². The average Bonchev–Trinajstić information content (AvgIpc) is 2.96. The van der Waals surface area contributed by atoms with Gasteiger partial charge in [-0.25, -0.2) is 0 Å². The minimum Gasteiger partial charge on any atom is -0.381 e. The molecule has 0 unspecified atom stereocenters. The second kappa shape index (κ2) is 19.9. The van der Waals surface area contributed by atoms with Gasteiger partial charge >= 0.3 is 0 Å². The Balaban J connectivity index is 1.71. The Labute approximate surface area is 250 Å². The lowest BCUT2D eigenvalue weighted by Crippen LogP contribution is -2.52. The van der Waals surface area contributed by atoms with Crippen molar-refractivity contribution in [3.8, 4) is 0 Å². The molecule has 6 amide bonds. The van der Waals surface area contributed by atoms with E-state index in [2.05, 4.69) is 31.9 Å². The molecular formula is C28H43N7O8. The first-order valence-corrected chi connectivity index (χ1v) is 14.3. The van der Waals surface area contributed by atoms with E-state index in [1.165, 1.54) is 0 Å². The first-order valence-electron chi connectivity index (χ1n) is 14.3. The van der Waals surface area contributed by atoms with Crippen molar-refractivity contribution in [1.29, 1.82) is 0 Å². The molecule has 9 N–H and O–H groups in total. The van der Waals surface area contributed by atoms with Crippen LogP contribution >= 0.6 is 0 Å². The van der Waals surface area contributed by atoms with Gasteiger partial charge in [0.15, 0.2) is 0 Å². The first-order chi connectivity index (χ1) is 20.7. The third-order valence-electron chi connectivity index (χ3n) is 6.70. The standard InChI is InChI=1S/C28H43N7O8/c29-27(41)20-12-21(13-20)43-18-34-25(39)15-33-28(42)22(11-19-7-3-1-4-8-19)35-26(40)16-32-24(38)14-31-23(37)9-5-2-6-10-30-17-36/h1,3-4,7-8,20-22,30,36H,2,5-6,9-18H2,(H2,29,41)(H,31,37)(H,32,38)(H,33,42)(H,34,39)(H,35,40)/t20?,21?,22-/m0/s1. The highest BCUT2D eigenvalue weighted by atomic mass is 16.5. The molecule has 1 aliphatic carbocycles. The van der Waals surface area contributed by atoms with Gasteiger partial charge in [0.2, 0.25) is 35.4 Å². The van der Waals surface area contributed by atoms with E-state index in [0.29, 0.717) is 25.8 Å². The van der Waals surface area contributed by atoms with Gasteiger partial charge in [-0.15, -0.1) is 0 Å². The molecule has 0 spiro atoms. The minimum absolute atomic E-state index is 0.0850. The van der Waals surface area contributed by atoms with Crippen molar-refractivity contribution in [2.75, 3.05) is 39.6 Å². The van der Waals surface area contributed by atoms with Crippen molar-refractivity contribution in [3.05, 3.63) is 35.9 Å². The van der Waals surface area contributed by atoms with Gasteiger partial charge in [-0.3, -0.25) is 34.1 Å². The number of carbonyl (C=O) groups excluding carboxylic acids is 6. The maximum absolute atomic E-state index is 12.9. The van der Waals surface area contributed by atoms with Crippen LogP contribution in [0.4, 0.5) is 0 Å². The Kier molecular flexibility index (Phi) is 16.3. The van der Waals surface area contributed by atoms with Crippen LogP contribution in [0.1, 0.15) is 44.1 Å². The van der Waals surface area contributed by atoms with Crippen molar-refractivity contribution >= 4 is 35.4 Å². The number of aliphatic hydroxyl groups is 1. The van der Waals surface area contributed by atoms with E-state index in [-0.39, 0.29) is 63.2 Å². The van der Waals surface area contributed by atoms with Crippen LogP contribution in [0.15, 0.2) is 30.3 Å². The van der Waals surface area contributed by atoms with Gasteiger partial charge in [0.1, 0.15) is 12.8 Å². The van der Waals surface area contributed by atoms with Gasteiger partial charge in [0.25, 0.3) is 0 Å². The largest absolute Gasteiger partial charge is 0.381 e. The predicted octanol–water partition coefficient (Wildman–Crippen LogP) is -2.48. The molecule has 0 radical (unpaired) electrons. The number of primary amides is 1. The fourth-order valence-corrected chi connectivity index (χ4v) is 4.13. The molecule has 0 aliphatic heterocycles. The number of aliphatic hydroxyl groups excluding tert-OH is 1. The highest BCUT2D eigenvalue weighted by molar-refractivity contribution is 5.92. The van der Waals surface area contributed by atoms with Gasteiger partial charge in [-0.2, -0.15) is 0 Å². The Morgan fingerprint density at radius 3 is 2.19 bits per heavy atom. The zero-order chi connectivity index (χ0) is 31.5. The molecule has 2 rings (SSSR count). The fraction of sp³-hybridized carbons (Fsp3) is 0.571. The summed E-state index contributed by atoms with van der Waals surface area (Å²) >= 11 is 0. The number of hydrogen-bond acceptors (Lipinski definition) is 9. The number of nitrogens with one attached hydrogen (secondary N) is 6. The molecular weight excluding hydrogens is 562 g/mol. The molecule has 1 fully saturated rings. The van der Waals surface area contributed by atoms with Crippen LogP contribution in [0.2, 0.25) is 0 Å². The molecule has 0 aromatic heterocycles. The summed E-state index contributed by atoms with van der Waals surface area (Å²) in [6.07, 6.45) is 3.50. The number of rotatable bonds is 21. The first kappa shape index (κ1) is 35.1. The molecule has 1 saturated carbocycles. The number of benzene rings is 1. The maximum atomic E-state index is 12.9. The van der Waals surface area contributed by atoms with Crippen LogP contribution < -0.4 is 37.6 Å². The van der Waals surface area contributed by atoms with Crippen LogP contribution in [-0.4, -0.2) is 92.3 Å². The molecule has 1 aliphatic rings. The summed E-state index contributed by atoms with van der Waals surface area (Å²) in [5, 5.41) is 23.9. The summed E-state index contributed by atoms with van der Waals surface area (Å²) < 4.78 is 5.45. The van der Waals surface area contributed by atoms with Gasteiger partial charge in [-0.1, -0.05) is 36.8 Å². The van der Waals surface area contributed by atoms with Crippen LogP contribution in [-0.2, 0) is 39.9 Å². The lowest BCUT2D eigenvalue weighted by molar-refractivity contribution is -0.134. The van der Waals surface area contributed by atoms with Crippen molar-refractivity contribution < 1.29 is 38.6 Å². The van der Waals surface area contributed by atoms with Gasteiger partial charge in [0.05, 0.1) is 32.5 Å². The average molecular weight is 606 g/mol. The number of amides is 6. The molecule has 238 valence electrons. The van der Waals surface area contributed by atoms with Crippen molar-refractivity contribution in [2.45, 2.75) is 57.1 Å². The normalized spacial score (nSPS) is 16.2. The third-order valence-corrected chi connectivity index (χ3v) is 6.70. The highest BCUT2D eigenvalue weighted by Crippen LogP contribution is 2.29. The van der Waals surface area contributed by atoms with E-state index in [0.717, 1.165) is 18.4 Å². The lowest BCUT2D eigenvalue weighted by atomic mass is 9.82. The molecule has 15 heteroatoms. The fourth-order valence-electron chi connectivity index (χ4n) is 4.13. The maximum Gasteiger partial charge on any atom is 0.243 e. The van der Waals surface area contributed by atoms with E-state index in [4.69, 9.17) is 15.6 Å². The number of ether oxygens (including phenoxy) is 1. The second-order valence-corrected chi connectivity index (χ2v) is 10.2. The molecule has 1 aromatic carbocycles. The molecule has 1 aromatic rings. The van der Waals surface area contributed by atoms with E-state index in [9.17, 15) is 28.8 Å². The molecule has 15 nitrogen and oxygen atoms in total. The summed E-state index contributed by atoms with van der Waals surface area (Å²) in [7, 11) is 0. The summed E-state index contributed by atoms with van der Waals surface area (Å²) in [5.41, 5.74) is 5.99. The van der Waals surface area contributed by atoms with E-state index in [1.807, 2.05) is 6.07 Å². The number of unbranched alkanes of at least 4 members (excludes halogenated alkanes) is 2. The van der Waals surface area contributed by atoms with Gasteiger partial charge in [-0.05, 0) is 37.8 Å². The van der Waals surface area contributed by atoms with E-state index < -0.39 is 36.2 Å². The van der Waals surface area contributed by atoms with Crippen LogP contribution in [0.3, 0.4) is 0 Å². The zero-order valence-electron chi connectivity index (χ0n) is 24.2. The monoisotopic (exact) mass is 605 g/mol. The second-order valence-electron chi connectivity index (χ2n) is 10.2. The molecule has 0 heterocycles. The summed E-state index contributed by atoms with van der Waals surface area (Å²) in [6.45, 7) is -0.582. The summed E-state index contributed by atoms with van der Waals surface area (Å²) in [6, 6.07) is 7.94. The summed E-state index contributed by atoms with van der Waals surface area (Å²) in [4.78, 5) is 72.6. The Hall–Kier alpha value is -4.08. The van der Waals surface area contributed by atoms with E-state index >= 15 is 0 Å². The smallest absolute Gasteiger partial charge is 0.243 e. The zero-order valence-corrected chi connectivity index (χ0v) is 24.2. The lowest BCUT2D eigenvalue weighted by Gasteiger charge is -2.32. The molecule has 43 heavy (non-hydrogen) atoms. The van der Waals surface area contributed by atoms with Crippen LogP contribution in [0.5, 0.6) is 0 Å². The SMILES string of the molecule is NC(=O)C1CC(OCNC(=O)CNC(=O)[C@H](Cc2ccccc2)NC(=O)CNC(=O)CNC(=O)CCCCCNCO)C1. The van der Waals surface area contributed by atoms with Gasteiger partial charge < -0.3 is 42.2 Å². The van der Waals surface area contributed by atoms with Crippen LogP contribution in [0.25, 0.3) is 0 Å². The van der Waals surface area contributed by atoms with Gasteiger partial charge in [0, 0.05) is 18.8 Å². The molecule has 0 bridgehead atoms. The summed E-state index contributed by atoms with van der Waals surface area (Å²) in [5.74, 6) is -3.16. The van der Waals surface area contributed by atoms with E-state index in [1.54, 1.807) is 24.3 Å². The number of carbonyl (C=O) groups is 6. The Morgan fingerprint density at radius 1 is 0.837 bits per heavy atom.